The minimum absolute atomic E-state index is 0.0119. The van der Waals surface area contributed by atoms with Crippen molar-refractivity contribution in [2.24, 2.45) is 29.4 Å². The van der Waals surface area contributed by atoms with Gasteiger partial charge in [-0.3, -0.25) is 28.9 Å². The van der Waals surface area contributed by atoms with Gasteiger partial charge in [0.15, 0.2) is 34.7 Å². The van der Waals surface area contributed by atoms with Gasteiger partial charge in [0.25, 0.3) is 0 Å². The Balaban J connectivity index is 1.69. The lowest BCUT2D eigenvalue weighted by Gasteiger charge is -2.52. The number of Topliss-reactive ketones (excluding diaryl/α,β-unsaturated/α-hetero) is 4. The van der Waals surface area contributed by atoms with E-state index in [9.17, 15) is 34.2 Å². The van der Waals surface area contributed by atoms with Gasteiger partial charge in [-0.2, -0.15) is 0 Å². The van der Waals surface area contributed by atoms with E-state index in [1.807, 2.05) is 25.1 Å². The maximum atomic E-state index is 14.1. The summed E-state index contributed by atoms with van der Waals surface area (Å²) in [6.45, 7) is 0. The van der Waals surface area contributed by atoms with E-state index in [0.717, 1.165) is 0 Å². The lowest BCUT2D eigenvalue weighted by atomic mass is 9.52. The number of phenolic OH excluding ortho intramolecular Hbond substituents is 1. The first kappa shape index (κ1) is 26.7. The fourth-order valence-electron chi connectivity index (χ4n) is 6.89. The minimum atomic E-state index is -2.74. The molecule has 2 aromatic rings. The molecule has 39 heavy (non-hydrogen) atoms. The van der Waals surface area contributed by atoms with Crippen molar-refractivity contribution >= 4 is 34.7 Å². The smallest absolute Gasteiger partial charge is 0.235 e. The van der Waals surface area contributed by atoms with Crippen LogP contribution in [0.1, 0.15) is 22.3 Å². The number of hydrogen-bond donors (Lipinski definition) is 3. The van der Waals surface area contributed by atoms with E-state index in [0.29, 0.717) is 22.4 Å². The summed E-state index contributed by atoms with van der Waals surface area (Å²) in [5.41, 5.74) is 4.94. The number of carbonyl (C=O) groups excluding carboxylic acids is 5. The Morgan fingerprint density at radius 1 is 1.03 bits per heavy atom. The molecule has 204 valence electrons. The Bertz CT molecular complexity index is 1430. The van der Waals surface area contributed by atoms with E-state index < -0.39 is 64.4 Å². The number of likely N-dealkylation sites (N-methyl/N-ethyl adjacent to an activating group) is 1. The van der Waals surface area contributed by atoms with Crippen molar-refractivity contribution < 1.29 is 34.2 Å². The van der Waals surface area contributed by atoms with Gasteiger partial charge in [-0.15, -0.1) is 0 Å². The first-order chi connectivity index (χ1) is 18.3. The van der Waals surface area contributed by atoms with Gasteiger partial charge in [0.05, 0.1) is 17.5 Å². The summed E-state index contributed by atoms with van der Waals surface area (Å²) in [5.74, 6) is -10.5. The molecule has 2 aromatic carbocycles. The number of ketones is 4. The van der Waals surface area contributed by atoms with Crippen LogP contribution in [0.25, 0.3) is 11.1 Å². The van der Waals surface area contributed by atoms with Crippen LogP contribution in [0.4, 0.5) is 5.69 Å². The predicted molar refractivity (Wildman–Crippen MR) is 141 cm³/mol. The second-order valence-electron chi connectivity index (χ2n) is 11.2. The number of rotatable bonds is 4. The van der Waals surface area contributed by atoms with Gasteiger partial charge in [-0.05, 0) is 50.0 Å². The van der Waals surface area contributed by atoms with Gasteiger partial charge >= 0.3 is 0 Å². The number of nitrogens with two attached hydrogens (primary N) is 1. The summed E-state index contributed by atoms with van der Waals surface area (Å²) in [6, 6.07) is 9.67. The second kappa shape index (κ2) is 9.10. The van der Waals surface area contributed by atoms with Crippen LogP contribution in [-0.2, 0) is 25.6 Å². The minimum Gasteiger partial charge on any atom is -0.507 e. The Hall–Kier alpha value is -3.89. The molecule has 0 aromatic heterocycles. The van der Waals surface area contributed by atoms with Crippen LogP contribution in [0.3, 0.4) is 0 Å². The fourth-order valence-corrected chi connectivity index (χ4v) is 6.89. The maximum absolute atomic E-state index is 14.1. The molecule has 4 N–H and O–H groups in total. The zero-order chi connectivity index (χ0) is 28.5. The molecule has 3 aliphatic carbocycles. The van der Waals surface area contributed by atoms with E-state index in [2.05, 4.69) is 0 Å². The van der Waals surface area contributed by atoms with Crippen molar-refractivity contribution in [2.75, 3.05) is 33.1 Å². The van der Waals surface area contributed by atoms with Crippen molar-refractivity contribution in [3.63, 3.8) is 0 Å². The summed E-state index contributed by atoms with van der Waals surface area (Å²) < 4.78 is 0. The molecule has 10 nitrogen and oxygen atoms in total. The summed E-state index contributed by atoms with van der Waals surface area (Å²) in [7, 11) is 6.74. The summed E-state index contributed by atoms with van der Waals surface area (Å²) >= 11 is 0. The largest absolute Gasteiger partial charge is 0.507 e. The molecule has 3 aliphatic rings. The number of fused-ring (bicyclic) bond motifs is 3. The molecule has 0 heterocycles. The van der Waals surface area contributed by atoms with Crippen molar-refractivity contribution in [1.82, 2.24) is 4.90 Å². The van der Waals surface area contributed by atoms with Crippen molar-refractivity contribution in [2.45, 2.75) is 24.5 Å². The molecule has 10 heteroatoms. The van der Waals surface area contributed by atoms with Gasteiger partial charge in [-0.25, -0.2) is 0 Å². The molecule has 0 aliphatic heterocycles. The highest BCUT2D eigenvalue weighted by Gasteiger charge is 2.69. The number of aliphatic hydroxyl groups is 1. The first-order valence-corrected chi connectivity index (χ1v) is 12.8. The Morgan fingerprint density at radius 2 is 1.67 bits per heavy atom. The maximum Gasteiger partial charge on any atom is 0.235 e. The first-order valence-electron chi connectivity index (χ1n) is 12.8. The molecule has 0 bridgehead atoms. The standard InChI is InChI=1S/C29H31N3O7/c1-31(2)18-12-15(13-8-6-5-7-9-13)23(33)20-16(18)10-14-11-17-22(32(3)4)25(35)21(28(30)38)27(37)29(17,39)26(36)19(14)24(20)34/h5-9,12,14,17,19,21-22,33,39H,10-11H2,1-4H3,(H2,30,38)/t14-,17-,19?,21?,22+,29-/m0/s1. The number of nitrogens with zero attached hydrogens (tertiary/aromatic N) is 2. The Labute approximate surface area is 225 Å². The van der Waals surface area contributed by atoms with Crippen molar-refractivity contribution in [1.29, 1.82) is 0 Å². The third-order valence-corrected chi connectivity index (χ3v) is 8.60. The van der Waals surface area contributed by atoms with E-state index in [4.69, 9.17) is 5.73 Å². The van der Waals surface area contributed by atoms with Crippen LogP contribution >= 0.6 is 0 Å². The zero-order valence-corrected chi connectivity index (χ0v) is 22.2. The lowest BCUT2D eigenvalue weighted by molar-refractivity contribution is -0.181. The summed E-state index contributed by atoms with van der Waals surface area (Å²) in [6.07, 6.45) is 0.222. The van der Waals surface area contributed by atoms with E-state index in [-0.39, 0.29) is 24.2 Å². The van der Waals surface area contributed by atoms with Crippen LogP contribution in [0.5, 0.6) is 5.75 Å². The molecule has 2 fully saturated rings. The topological polar surface area (TPSA) is 158 Å². The van der Waals surface area contributed by atoms with Gasteiger partial charge in [-0.1, -0.05) is 30.3 Å². The molecule has 6 atom stereocenters. The van der Waals surface area contributed by atoms with E-state index in [1.165, 1.54) is 4.90 Å². The van der Waals surface area contributed by atoms with Crippen LogP contribution in [0.15, 0.2) is 36.4 Å². The average Bonchev–Trinajstić information content (AvgIpc) is 2.86. The van der Waals surface area contributed by atoms with Crippen LogP contribution < -0.4 is 10.6 Å². The molecule has 0 spiro atoms. The number of aromatic hydroxyl groups is 1. The average molecular weight is 534 g/mol. The molecule has 5 rings (SSSR count). The van der Waals surface area contributed by atoms with Crippen LogP contribution in [-0.4, -0.2) is 84.0 Å². The lowest BCUT2D eigenvalue weighted by Crippen LogP contribution is -2.74. The monoisotopic (exact) mass is 533 g/mol. The molecular formula is C29H31N3O7. The number of anilines is 1. The highest BCUT2D eigenvalue weighted by molar-refractivity contribution is 6.32. The van der Waals surface area contributed by atoms with Crippen molar-refractivity contribution in [3.8, 4) is 16.9 Å². The number of amides is 1. The van der Waals surface area contributed by atoms with Gasteiger partial charge in [0.2, 0.25) is 5.91 Å². The number of hydrogen-bond acceptors (Lipinski definition) is 9. The molecule has 0 radical (unpaired) electrons. The molecule has 2 unspecified atom stereocenters. The molecule has 1 amide bonds. The van der Waals surface area contributed by atoms with Gasteiger partial charge in [0.1, 0.15) is 5.75 Å². The SMILES string of the molecule is CN(C)c1cc(-c2ccccc2)c(O)c2c1C[C@H]1C[C@H]3[C@@H](N(C)C)C(=O)C(C(N)=O)C(=O)[C@@]3(O)C(=O)C1C2=O. The third kappa shape index (κ3) is 3.65. The van der Waals surface area contributed by atoms with Crippen molar-refractivity contribution in [3.05, 3.63) is 47.5 Å². The van der Waals surface area contributed by atoms with Gasteiger partial charge < -0.3 is 20.8 Å². The number of primary amides is 1. The summed E-state index contributed by atoms with van der Waals surface area (Å²) in [5, 5.41) is 23.1. The molecular weight excluding hydrogens is 502 g/mol. The van der Waals surface area contributed by atoms with E-state index in [1.54, 1.807) is 44.4 Å². The molecule has 0 saturated heterocycles. The third-order valence-electron chi connectivity index (χ3n) is 8.60. The number of phenols is 1. The Kier molecular flexibility index (Phi) is 6.23. The highest BCUT2D eigenvalue weighted by atomic mass is 16.3. The fraction of sp³-hybridized carbons (Fsp3) is 0.414. The number of benzene rings is 2. The summed E-state index contributed by atoms with van der Waals surface area (Å²) in [4.78, 5) is 70.1. The second-order valence-corrected chi connectivity index (χ2v) is 11.2. The Morgan fingerprint density at radius 3 is 2.23 bits per heavy atom. The quantitative estimate of drug-likeness (QED) is 0.479. The zero-order valence-electron chi connectivity index (χ0n) is 22.2. The van der Waals surface area contributed by atoms with E-state index >= 15 is 0 Å². The van der Waals surface area contributed by atoms with Crippen LogP contribution in [0.2, 0.25) is 0 Å². The van der Waals surface area contributed by atoms with Gasteiger partial charge in [0, 0.05) is 31.3 Å². The molecule has 2 saturated carbocycles. The predicted octanol–water partition coefficient (Wildman–Crippen LogP) is 0.600. The number of carbonyl (C=O) groups is 5. The highest BCUT2D eigenvalue weighted by Crippen LogP contribution is 2.53. The van der Waals surface area contributed by atoms with Crippen LogP contribution in [0, 0.1) is 23.7 Å². The normalized spacial score (nSPS) is 30.1.